The predicted molar refractivity (Wildman–Crippen MR) is 76.4 cm³/mol. The summed E-state index contributed by atoms with van der Waals surface area (Å²) in [5.41, 5.74) is 0.534. The molecule has 6 nitrogen and oxygen atoms in total. The normalized spacial score (nSPS) is 10.4. The quantitative estimate of drug-likeness (QED) is 0.801. The summed E-state index contributed by atoms with van der Waals surface area (Å²) in [5.74, 6) is -0.743. The number of carbonyl (C=O) groups is 2. The molecule has 2 N–H and O–H groups in total. The average molecular weight is 301 g/mol. The van der Waals surface area contributed by atoms with Crippen molar-refractivity contribution in [3.05, 3.63) is 23.2 Å². The van der Waals surface area contributed by atoms with Crippen molar-refractivity contribution in [2.45, 2.75) is 6.92 Å². The van der Waals surface area contributed by atoms with E-state index < -0.39 is 5.97 Å². The van der Waals surface area contributed by atoms with Gasteiger partial charge in [0.15, 0.2) is 0 Å². The van der Waals surface area contributed by atoms with E-state index in [1.54, 1.807) is 25.1 Å². The number of carbonyl (C=O) groups excluding carboxylic acids is 1. The van der Waals surface area contributed by atoms with Gasteiger partial charge < -0.3 is 15.2 Å². The number of benzene rings is 1. The standard InChI is InChI=1S/C13H17ClN2O4/c1-3-16(8-13(18)19)7-12(17)15-9-4-5-11(20-2)10(14)6-9/h4-6H,3,7-8H2,1-2H3,(H,15,17)(H,18,19). The van der Waals surface area contributed by atoms with Crippen molar-refractivity contribution in [2.24, 2.45) is 0 Å². The van der Waals surface area contributed by atoms with Crippen LogP contribution in [0.2, 0.25) is 5.02 Å². The van der Waals surface area contributed by atoms with E-state index in [2.05, 4.69) is 5.32 Å². The first-order valence-corrected chi connectivity index (χ1v) is 6.41. The van der Waals surface area contributed by atoms with Crippen LogP contribution in [-0.4, -0.2) is 48.6 Å². The van der Waals surface area contributed by atoms with Gasteiger partial charge in [0.05, 0.1) is 25.2 Å². The molecule has 0 heterocycles. The molecule has 20 heavy (non-hydrogen) atoms. The molecule has 1 rings (SSSR count). The van der Waals surface area contributed by atoms with Gasteiger partial charge in [0.2, 0.25) is 5.91 Å². The smallest absolute Gasteiger partial charge is 0.317 e. The molecular weight excluding hydrogens is 284 g/mol. The van der Waals surface area contributed by atoms with Crippen molar-refractivity contribution in [3.8, 4) is 5.75 Å². The number of hydrogen-bond acceptors (Lipinski definition) is 4. The molecule has 0 unspecified atom stereocenters. The number of amides is 1. The zero-order chi connectivity index (χ0) is 15.1. The number of carboxylic acid groups (broad SMARTS) is 1. The van der Waals surface area contributed by atoms with Gasteiger partial charge in [0.25, 0.3) is 0 Å². The molecule has 1 aromatic rings. The number of nitrogens with zero attached hydrogens (tertiary/aromatic N) is 1. The van der Waals surface area contributed by atoms with Gasteiger partial charge in [-0.25, -0.2) is 0 Å². The van der Waals surface area contributed by atoms with Crippen LogP contribution in [0.3, 0.4) is 0 Å². The minimum atomic E-state index is -0.966. The topological polar surface area (TPSA) is 78.9 Å². The molecule has 7 heteroatoms. The molecule has 0 saturated heterocycles. The Labute approximate surface area is 122 Å². The number of likely N-dealkylation sites (N-methyl/N-ethyl adjacent to an activating group) is 1. The number of carboxylic acids is 1. The summed E-state index contributed by atoms with van der Waals surface area (Å²) in [7, 11) is 1.50. The highest BCUT2D eigenvalue weighted by Crippen LogP contribution is 2.27. The second-order valence-corrected chi connectivity index (χ2v) is 4.50. The summed E-state index contributed by atoms with van der Waals surface area (Å²) in [6.07, 6.45) is 0. The van der Waals surface area contributed by atoms with Gasteiger partial charge in [-0.3, -0.25) is 14.5 Å². The molecule has 0 aromatic heterocycles. The summed E-state index contributed by atoms with van der Waals surface area (Å²) < 4.78 is 5.01. The van der Waals surface area contributed by atoms with Crippen LogP contribution < -0.4 is 10.1 Å². The lowest BCUT2D eigenvalue weighted by atomic mass is 10.3. The Morgan fingerprint density at radius 2 is 2.10 bits per heavy atom. The second kappa shape index (κ2) is 7.72. The summed E-state index contributed by atoms with van der Waals surface area (Å²) in [4.78, 5) is 23.9. The summed E-state index contributed by atoms with van der Waals surface area (Å²) in [5, 5.41) is 11.8. The lowest BCUT2D eigenvalue weighted by molar-refractivity contribution is -0.138. The maximum Gasteiger partial charge on any atom is 0.317 e. The van der Waals surface area contributed by atoms with Crippen LogP contribution in [0.4, 0.5) is 5.69 Å². The number of hydrogen-bond donors (Lipinski definition) is 2. The summed E-state index contributed by atoms with van der Waals surface area (Å²) in [6.45, 7) is 2.10. The van der Waals surface area contributed by atoms with Crippen LogP contribution in [0.5, 0.6) is 5.75 Å². The number of halogens is 1. The molecule has 0 aliphatic rings. The Balaban J connectivity index is 2.61. The van der Waals surface area contributed by atoms with Gasteiger partial charge in [-0.05, 0) is 24.7 Å². The fourth-order valence-electron chi connectivity index (χ4n) is 1.62. The van der Waals surface area contributed by atoms with E-state index in [1.807, 2.05) is 0 Å². The third-order valence-electron chi connectivity index (χ3n) is 2.61. The molecule has 0 bridgehead atoms. The van der Waals surface area contributed by atoms with Crippen LogP contribution in [0.15, 0.2) is 18.2 Å². The van der Waals surface area contributed by atoms with E-state index in [1.165, 1.54) is 12.0 Å². The van der Waals surface area contributed by atoms with E-state index in [9.17, 15) is 9.59 Å². The number of anilines is 1. The third-order valence-corrected chi connectivity index (χ3v) is 2.90. The lowest BCUT2D eigenvalue weighted by Gasteiger charge is -2.17. The van der Waals surface area contributed by atoms with Crippen LogP contribution >= 0.6 is 11.6 Å². The van der Waals surface area contributed by atoms with Gasteiger partial charge in [-0.15, -0.1) is 0 Å². The number of ether oxygens (including phenoxy) is 1. The van der Waals surface area contributed by atoms with Crippen LogP contribution in [0, 0.1) is 0 Å². The first-order chi connectivity index (χ1) is 9.46. The zero-order valence-electron chi connectivity index (χ0n) is 11.4. The highest BCUT2D eigenvalue weighted by atomic mass is 35.5. The van der Waals surface area contributed by atoms with Crippen LogP contribution in [0.1, 0.15) is 6.92 Å². The van der Waals surface area contributed by atoms with Crippen molar-refractivity contribution in [3.63, 3.8) is 0 Å². The Kier molecular flexibility index (Phi) is 6.27. The molecule has 0 radical (unpaired) electrons. The number of aliphatic carboxylic acids is 1. The molecule has 0 spiro atoms. The van der Waals surface area contributed by atoms with E-state index in [4.69, 9.17) is 21.4 Å². The van der Waals surface area contributed by atoms with Gasteiger partial charge in [-0.2, -0.15) is 0 Å². The van der Waals surface area contributed by atoms with Gasteiger partial charge in [-0.1, -0.05) is 18.5 Å². The fraction of sp³-hybridized carbons (Fsp3) is 0.385. The van der Waals surface area contributed by atoms with Crippen molar-refractivity contribution < 1.29 is 19.4 Å². The highest BCUT2D eigenvalue weighted by Gasteiger charge is 2.12. The van der Waals surface area contributed by atoms with E-state index in [0.29, 0.717) is 23.0 Å². The van der Waals surface area contributed by atoms with E-state index >= 15 is 0 Å². The molecule has 0 fully saturated rings. The molecule has 110 valence electrons. The summed E-state index contributed by atoms with van der Waals surface area (Å²) >= 11 is 5.95. The molecule has 0 atom stereocenters. The predicted octanol–water partition coefficient (Wildman–Crippen LogP) is 1.69. The molecule has 1 amide bonds. The molecule has 0 saturated carbocycles. The largest absolute Gasteiger partial charge is 0.495 e. The van der Waals surface area contributed by atoms with E-state index in [0.717, 1.165) is 0 Å². The molecule has 0 aliphatic carbocycles. The first-order valence-electron chi connectivity index (χ1n) is 6.03. The van der Waals surface area contributed by atoms with Gasteiger partial charge >= 0.3 is 5.97 Å². The number of rotatable bonds is 7. The Morgan fingerprint density at radius 3 is 2.60 bits per heavy atom. The summed E-state index contributed by atoms with van der Waals surface area (Å²) in [6, 6.07) is 4.88. The SMILES string of the molecule is CCN(CC(=O)O)CC(=O)Nc1ccc(OC)c(Cl)c1. The van der Waals surface area contributed by atoms with Crippen molar-refractivity contribution in [2.75, 3.05) is 32.1 Å². The maximum atomic E-state index is 11.8. The third kappa shape index (κ3) is 5.07. The number of nitrogens with one attached hydrogen (secondary N) is 1. The minimum absolute atomic E-state index is 0.00640. The Morgan fingerprint density at radius 1 is 1.40 bits per heavy atom. The average Bonchev–Trinajstić information content (AvgIpc) is 2.37. The first kappa shape index (κ1) is 16.3. The Hall–Kier alpha value is -1.79. The molecule has 0 aliphatic heterocycles. The van der Waals surface area contributed by atoms with Crippen LogP contribution in [0.25, 0.3) is 0 Å². The van der Waals surface area contributed by atoms with Crippen LogP contribution in [-0.2, 0) is 9.59 Å². The van der Waals surface area contributed by atoms with Gasteiger partial charge in [0, 0.05) is 5.69 Å². The zero-order valence-corrected chi connectivity index (χ0v) is 12.1. The minimum Gasteiger partial charge on any atom is -0.495 e. The molecular formula is C13H17ClN2O4. The molecule has 1 aromatic carbocycles. The second-order valence-electron chi connectivity index (χ2n) is 4.09. The fourth-order valence-corrected chi connectivity index (χ4v) is 1.88. The van der Waals surface area contributed by atoms with E-state index in [-0.39, 0.29) is 19.0 Å². The van der Waals surface area contributed by atoms with Crippen molar-refractivity contribution in [1.29, 1.82) is 0 Å². The lowest BCUT2D eigenvalue weighted by Crippen LogP contribution is -2.36. The maximum absolute atomic E-state index is 11.8. The van der Waals surface area contributed by atoms with Crippen molar-refractivity contribution in [1.82, 2.24) is 4.90 Å². The monoisotopic (exact) mass is 300 g/mol. The highest BCUT2D eigenvalue weighted by molar-refractivity contribution is 6.32. The number of methoxy groups -OCH3 is 1. The van der Waals surface area contributed by atoms with Gasteiger partial charge in [0.1, 0.15) is 5.75 Å². The van der Waals surface area contributed by atoms with Crippen molar-refractivity contribution >= 4 is 29.2 Å². The Bertz CT molecular complexity index is 493.